The number of allylic oxidation sites excluding steroid dienone is 3. The molecular weight excluding hydrogens is 221 g/mol. The van der Waals surface area contributed by atoms with Crippen molar-refractivity contribution in [3.63, 3.8) is 0 Å². The Morgan fingerprint density at radius 1 is 1.28 bits per heavy atom. The van der Waals surface area contributed by atoms with E-state index in [4.69, 9.17) is 4.74 Å². The third-order valence-electron chi connectivity index (χ3n) is 3.28. The average molecular weight is 249 g/mol. The van der Waals surface area contributed by atoms with E-state index >= 15 is 0 Å². The maximum Gasteiger partial charge on any atom is 0.140 e. The highest BCUT2D eigenvalue weighted by Crippen LogP contribution is 2.11. The lowest BCUT2D eigenvalue weighted by Crippen LogP contribution is -2.46. The molecule has 1 aliphatic rings. The normalized spacial score (nSPS) is 26.1. The maximum absolute atomic E-state index is 5.74. The summed E-state index contributed by atoms with van der Waals surface area (Å²) < 4.78 is 5.74. The standard InChI is InChI=1S/C15H28BNO/c1-12(2)6-5-7-13(3)8-9-17-10-14(4)18-15(16)11-17/h6,8,14-15H,5,7,9-11,16H2,1-4H3/b13-8+. The molecule has 0 N–H and O–H groups in total. The van der Waals surface area contributed by atoms with Gasteiger partial charge in [0.1, 0.15) is 7.85 Å². The zero-order chi connectivity index (χ0) is 13.5. The molecule has 0 saturated carbocycles. The van der Waals surface area contributed by atoms with Crippen molar-refractivity contribution in [1.29, 1.82) is 0 Å². The highest BCUT2D eigenvalue weighted by Gasteiger charge is 2.20. The summed E-state index contributed by atoms with van der Waals surface area (Å²) in [7, 11) is 2.16. The Labute approximate surface area is 113 Å². The van der Waals surface area contributed by atoms with E-state index in [1.807, 2.05) is 0 Å². The molecule has 1 saturated heterocycles. The van der Waals surface area contributed by atoms with Crippen LogP contribution >= 0.6 is 0 Å². The molecule has 3 heteroatoms. The fourth-order valence-electron chi connectivity index (χ4n) is 2.41. The second kappa shape index (κ2) is 7.80. The van der Waals surface area contributed by atoms with Crippen LogP contribution in [0.15, 0.2) is 23.3 Å². The quantitative estimate of drug-likeness (QED) is 0.548. The number of nitrogens with zero attached hydrogens (tertiary/aromatic N) is 1. The van der Waals surface area contributed by atoms with E-state index in [2.05, 4.69) is 52.6 Å². The highest BCUT2D eigenvalue weighted by molar-refractivity contribution is 6.11. The Hall–Kier alpha value is -0.535. The van der Waals surface area contributed by atoms with Crippen LogP contribution in [0.1, 0.15) is 40.5 Å². The minimum Gasteiger partial charge on any atom is -0.382 e. The van der Waals surface area contributed by atoms with Crippen LogP contribution in [-0.2, 0) is 4.74 Å². The second-order valence-corrected chi connectivity index (χ2v) is 5.85. The van der Waals surface area contributed by atoms with E-state index in [9.17, 15) is 0 Å². The molecule has 2 nitrogen and oxygen atoms in total. The van der Waals surface area contributed by atoms with Gasteiger partial charge in [-0.1, -0.05) is 23.3 Å². The third kappa shape index (κ3) is 6.41. The highest BCUT2D eigenvalue weighted by atomic mass is 16.5. The van der Waals surface area contributed by atoms with E-state index in [-0.39, 0.29) is 0 Å². The Bertz CT molecular complexity index is 298. The largest absolute Gasteiger partial charge is 0.382 e. The van der Waals surface area contributed by atoms with Crippen LogP contribution in [0.4, 0.5) is 0 Å². The number of hydrogen-bond acceptors (Lipinski definition) is 2. The van der Waals surface area contributed by atoms with Gasteiger partial charge in [0.05, 0.1) is 6.10 Å². The molecule has 0 bridgehead atoms. The first kappa shape index (κ1) is 15.5. The molecule has 1 heterocycles. The minimum absolute atomic E-state index is 0.369. The van der Waals surface area contributed by atoms with E-state index in [1.165, 1.54) is 24.0 Å². The SMILES string of the molecule is BC1CN(C/C=C(\C)CCC=C(C)C)CC(C)O1. The van der Waals surface area contributed by atoms with Crippen LogP contribution in [0, 0.1) is 0 Å². The van der Waals surface area contributed by atoms with Gasteiger partial charge in [-0.25, -0.2) is 0 Å². The Balaban J connectivity index is 2.31. The van der Waals surface area contributed by atoms with Gasteiger partial charge in [-0.2, -0.15) is 0 Å². The smallest absolute Gasteiger partial charge is 0.140 e. The van der Waals surface area contributed by atoms with E-state index < -0.39 is 0 Å². The van der Waals surface area contributed by atoms with Crippen LogP contribution in [0.2, 0.25) is 0 Å². The van der Waals surface area contributed by atoms with Crippen molar-refractivity contribution < 1.29 is 4.74 Å². The fourth-order valence-corrected chi connectivity index (χ4v) is 2.41. The summed E-state index contributed by atoms with van der Waals surface area (Å²) in [6, 6.07) is 0.369. The lowest BCUT2D eigenvalue weighted by molar-refractivity contribution is -0.0361. The summed E-state index contributed by atoms with van der Waals surface area (Å²) >= 11 is 0. The minimum atomic E-state index is 0.369. The van der Waals surface area contributed by atoms with E-state index in [1.54, 1.807) is 0 Å². The summed E-state index contributed by atoms with van der Waals surface area (Å²) in [6.07, 6.45) is 7.41. The predicted octanol–water partition coefficient (Wildman–Crippen LogP) is 2.36. The number of hydrogen-bond donors (Lipinski definition) is 0. The zero-order valence-electron chi connectivity index (χ0n) is 12.7. The van der Waals surface area contributed by atoms with Gasteiger partial charge < -0.3 is 4.74 Å². The molecule has 18 heavy (non-hydrogen) atoms. The summed E-state index contributed by atoms with van der Waals surface area (Å²) in [5, 5.41) is 0. The van der Waals surface area contributed by atoms with Crippen LogP contribution in [0.5, 0.6) is 0 Å². The van der Waals surface area contributed by atoms with E-state index in [0.717, 1.165) is 19.6 Å². The Morgan fingerprint density at radius 2 is 2.00 bits per heavy atom. The molecule has 0 aromatic carbocycles. The van der Waals surface area contributed by atoms with Gasteiger partial charge >= 0.3 is 0 Å². The van der Waals surface area contributed by atoms with Crippen molar-refractivity contribution in [3.05, 3.63) is 23.3 Å². The van der Waals surface area contributed by atoms with Crippen molar-refractivity contribution in [2.75, 3.05) is 19.6 Å². The molecular formula is C15H28BNO. The average Bonchev–Trinajstić information content (AvgIpc) is 2.24. The molecule has 2 unspecified atom stereocenters. The third-order valence-corrected chi connectivity index (χ3v) is 3.28. The lowest BCUT2D eigenvalue weighted by Gasteiger charge is -2.35. The number of morpholine rings is 1. The molecule has 0 aliphatic carbocycles. The summed E-state index contributed by atoms with van der Waals surface area (Å²) in [5.41, 5.74) is 2.91. The molecule has 0 amide bonds. The molecule has 2 atom stereocenters. The van der Waals surface area contributed by atoms with Crippen molar-refractivity contribution in [3.8, 4) is 0 Å². The predicted molar refractivity (Wildman–Crippen MR) is 81.7 cm³/mol. The van der Waals surface area contributed by atoms with Gasteiger partial charge in [-0.3, -0.25) is 4.90 Å². The summed E-state index contributed by atoms with van der Waals surface area (Å²) in [6.45, 7) is 11.9. The fraction of sp³-hybridized carbons (Fsp3) is 0.733. The van der Waals surface area contributed by atoms with Gasteiger partial charge in [0.25, 0.3) is 0 Å². The Kier molecular flexibility index (Phi) is 6.73. The lowest BCUT2D eigenvalue weighted by atomic mass is 9.97. The molecule has 0 radical (unpaired) electrons. The van der Waals surface area contributed by atoms with Crippen molar-refractivity contribution in [2.45, 2.75) is 52.6 Å². The van der Waals surface area contributed by atoms with Crippen molar-refractivity contribution in [1.82, 2.24) is 4.90 Å². The monoisotopic (exact) mass is 249 g/mol. The van der Waals surface area contributed by atoms with Gasteiger partial charge in [-0.15, -0.1) is 0 Å². The molecule has 1 fully saturated rings. The van der Waals surface area contributed by atoms with Gasteiger partial charge in [0.2, 0.25) is 0 Å². The zero-order valence-corrected chi connectivity index (χ0v) is 12.7. The molecule has 0 aromatic heterocycles. The first-order chi connectivity index (χ1) is 8.47. The van der Waals surface area contributed by atoms with E-state index in [0.29, 0.717) is 12.1 Å². The van der Waals surface area contributed by atoms with Crippen LogP contribution in [0.3, 0.4) is 0 Å². The second-order valence-electron chi connectivity index (χ2n) is 5.85. The molecule has 1 aliphatic heterocycles. The first-order valence-corrected chi connectivity index (χ1v) is 7.14. The number of ether oxygens (including phenoxy) is 1. The number of rotatable bonds is 5. The van der Waals surface area contributed by atoms with Gasteiger partial charge in [-0.05, 0) is 40.5 Å². The maximum atomic E-state index is 5.74. The van der Waals surface area contributed by atoms with Crippen LogP contribution in [-0.4, -0.2) is 44.5 Å². The van der Waals surface area contributed by atoms with Gasteiger partial charge in [0, 0.05) is 25.6 Å². The molecule has 0 spiro atoms. The summed E-state index contributed by atoms with van der Waals surface area (Å²) in [5.74, 6) is 0. The first-order valence-electron chi connectivity index (χ1n) is 7.14. The molecule has 0 aromatic rings. The molecule has 102 valence electrons. The summed E-state index contributed by atoms with van der Waals surface area (Å²) in [4.78, 5) is 2.49. The van der Waals surface area contributed by atoms with Crippen molar-refractivity contribution >= 4 is 7.85 Å². The van der Waals surface area contributed by atoms with Crippen LogP contribution in [0.25, 0.3) is 0 Å². The van der Waals surface area contributed by atoms with Crippen LogP contribution < -0.4 is 0 Å². The van der Waals surface area contributed by atoms with Gasteiger partial charge in [0.15, 0.2) is 0 Å². The van der Waals surface area contributed by atoms with Crippen molar-refractivity contribution in [2.24, 2.45) is 0 Å². The topological polar surface area (TPSA) is 12.5 Å². The molecule has 1 rings (SSSR count). The Morgan fingerprint density at radius 3 is 2.61 bits per heavy atom.